The molecule has 96 valence electrons. The molecule has 7 heteroatoms. The lowest BCUT2D eigenvalue weighted by Crippen LogP contribution is -1.86. The van der Waals surface area contributed by atoms with Crippen molar-refractivity contribution >= 4 is 38.3 Å². The summed E-state index contributed by atoms with van der Waals surface area (Å²) in [5.74, 6) is 1.08. The Balaban J connectivity index is 2.09. The van der Waals surface area contributed by atoms with Gasteiger partial charge in [-0.25, -0.2) is 4.98 Å². The van der Waals surface area contributed by atoms with E-state index in [1.165, 1.54) is 25.0 Å². The number of nitrogens with one attached hydrogen (secondary N) is 1. The fourth-order valence-electron chi connectivity index (χ4n) is 1.43. The van der Waals surface area contributed by atoms with E-state index in [9.17, 15) is 10.1 Å². The number of aromatic amines is 1. The highest BCUT2D eigenvalue weighted by Crippen LogP contribution is 2.31. The summed E-state index contributed by atoms with van der Waals surface area (Å²) in [6.07, 6.45) is 2.36. The highest BCUT2D eigenvalue weighted by molar-refractivity contribution is 8.76. The second-order valence-corrected chi connectivity index (χ2v) is 6.16. The number of fused-ring (bicyclic) bond motifs is 1. The van der Waals surface area contributed by atoms with Crippen LogP contribution in [0.25, 0.3) is 11.0 Å². The number of non-ortho nitro benzene ring substituents is 1. The number of hydrogen-bond acceptors (Lipinski definition) is 5. The quantitative estimate of drug-likeness (QED) is 0.375. The van der Waals surface area contributed by atoms with Crippen molar-refractivity contribution in [1.29, 1.82) is 0 Å². The first kappa shape index (κ1) is 13.2. The minimum absolute atomic E-state index is 0.0846. The third-order valence-corrected chi connectivity index (χ3v) is 4.63. The minimum atomic E-state index is -0.400. The number of nitro groups is 1. The molecule has 1 aromatic heterocycles. The van der Waals surface area contributed by atoms with Crippen LogP contribution in [0.15, 0.2) is 23.4 Å². The molecule has 2 aromatic rings. The Kier molecular flexibility index (Phi) is 4.48. The van der Waals surface area contributed by atoms with Gasteiger partial charge in [-0.1, -0.05) is 24.1 Å². The normalized spacial score (nSPS) is 10.9. The number of imidazole rings is 1. The first-order valence-electron chi connectivity index (χ1n) is 5.64. The molecule has 0 bridgehead atoms. The van der Waals surface area contributed by atoms with Gasteiger partial charge in [0.1, 0.15) is 0 Å². The summed E-state index contributed by atoms with van der Waals surface area (Å²) in [6, 6.07) is 4.66. The first-order chi connectivity index (χ1) is 8.70. The molecule has 1 N–H and O–H groups in total. The predicted molar refractivity (Wildman–Crippen MR) is 76.0 cm³/mol. The molecule has 0 saturated carbocycles. The maximum atomic E-state index is 10.7. The zero-order valence-corrected chi connectivity index (χ0v) is 11.5. The Morgan fingerprint density at radius 2 is 2.33 bits per heavy atom. The van der Waals surface area contributed by atoms with E-state index < -0.39 is 4.92 Å². The van der Waals surface area contributed by atoms with Gasteiger partial charge in [-0.15, -0.1) is 0 Å². The predicted octanol–water partition coefficient (Wildman–Crippen LogP) is 4.01. The summed E-state index contributed by atoms with van der Waals surface area (Å²) in [4.78, 5) is 17.7. The van der Waals surface area contributed by atoms with Gasteiger partial charge in [-0.2, -0.15) is 0 Å². The Morgan fingerprint density at radius 1 is 1.50 bits per heavy atom. The molecular formula is C11H13N3O2S2. The van der Waals surface area contributed by atoms with Gasteiger partial charge in [0, 0.05) is 17.9 Å². The van der Waals surface area contributed by atoms with E-state index in [4.69, 9.17) is 0 Å². The van der Waals surface area contributed by atoms with Gasteiger partial charge in [0.2, 0.25) is 0 Å². The lowest BCUT2D eigenvalue weighted by Gasteiger charge is -1.94. The maximum absolute atomic E-state index is 10.7. The molecule has 5 nitrogen and oxygen atoms in total. The van der Waals surface area contributed by atoms with Crippen LogP contribution in [0, 0.1) is 10.1 Å². The highest BCUT2D eigenvalue weighted by atomic mass is 33.1. The van der Waals surface area contributed by atoms with Crippen molar-refractivity contribution in [3.05, 3.63) is 28.3 Å². The molecule has 2 rings (SSSR count). The number of aromatic nitrogens is 2. The van der Waals surface area contributed by atoms with Crippen LogP contribution in [-0.4, -0.2) is 20.6 Å². The molecule has 1 heterocycles. The molecular weight excluding hydrogens is 270 g/mol. The molecule has 0 spiro atoms. The fraction of sp³-hybridized carbons (Fsp3) is 0.364. The Bertz CT molecular complexity index is 556. The van der Waals surface area contributed by atoms with Crippen LogP contribution in [0.3, 0.4) is 0 Å². The molecule has 0 aliphatic rings. The zero-order valence-electron chi connectivity index (χ0n) is 9.88. The SMILES string of the molecule is CCCCSSc1nc2ccc([N+](=O)[O-])cc2[nH]1. The number of benzene rings is 1. The van der Waals surface area contributed by atoms with Crippen LogP contribution in [0.4, 0.5) is 5.69 Å². The summed E-state index contributed by atoms with van der Waals surface area (Å²) < 4.78 is 0. The number of rotatable bonds is 6. The summed E-state index contributed by atoms with van der Waals surface area (Å²) in [6.45, 7) is 2.16. The summed E-state index contributed by atoms with van der Waals surface area (Å²) in [5, 5.41) is 11.5. The third kappa shape index (κ3) is 3.17. The van der Waals surface area contributed by atoms with Crippen molar-refractivity contribution in [3.8, 4) is 0 Å². The van der Waals surface area contributed by atoms with E-state index >= 15 is 0 Å². The number of hydrogen-bond donors (Lipinski definition) is 1. The van der Waals surface area contributed by atoms with E-state index in [-0.39, 0.29) is 5.69 Å². The summed E-state index contributed by atoms with van der Waals surface area (Å²) in [7, 11) is 3.33. The largest absolute Gasteiger partial charge is 0.332 e. The third-order valence-electron chi connectivity index (χ3n) is 2.37. The van der Waals surface area contributed by atoms with Crippen molar-refractivity contribution in [2.24, 2.45) is 0 Å². The molecule has 0 fully saturated rings. The number of nitrogens with zero attached hydrogens (tertiary/aromatic N) is 2. The second kappa shape index (κ2) is 6.10. The summed E-state index contributed by atoms with van der Waals surface area (Å²) >= 11 is 0. The minimum Gasteiger partial charge on any atom is -0.332 e. The Hall–Kier alpha value is -1.21. The molecule has 0 aliphatic heterocycles. The maximum Gasteiger partial charge on any atom is 0.271 e. The molecule has 0 radical (unpaired) electrons. The number of nitro benzene ring substituents is 1. The lowest BCUT2D eigenvalue weighted by molar-refractivity contribution is -0.384. The molecule has 1 aromatic carbocycles. The molecule has 0 aliphatic carbocycles. The molecule has 0 saturated heterocycles. The second-order valence-electron chi connectivity index (χ2n) is 3.76. The van der Waals surface area contributed by atoms with Gasteiger partial charge in [-0.05, 0) is 23.3 Å². The van der Waals surface area contributed by atoms with Crippen LogP contribution in [-0.2, 0) is 0 Å². The average molecular weight is 283 g/mol. The molecule has 0 atom stereocenters. The van der Waals surface area contributed by atoms with Crippen LogP contribution in [0.2, 0.25) is 0 Å². The first-order valence-corrected chi connectivity index (χ1v) is 7.96. The lowest BCUT2D eigenvalue weighted by atomic mass is 10.3. The van der Waals surface area contributed by atoms with Gasteiger partial charge in [0.25, 0.3) is 5.69 Å². The average Bonchev–Trinajstić information content (AvgIpc) is 2.76. The smallest absolute Gasteiger partial charge is 0.271 e. The van der Waals surface area contributed by atoms with Gasteiger partial charge in [0.15, 0.2) is 5.16 Å². The van der Waals surface area contributed by atoms with E-state index in [1.54, 1.807) is 27.7 Å². The van der Waals surface area contributed by atoms with Gasteiger partial charge >= 0.3 is 0 Å². The molecule has 18 heavy (non-hydrogen) atoms. The highest BCUT2D eigenvalue weighted by Gasteiger charge is 2.09. The number of unbranched alkanes of at least 4 members (excludes halogenated alkanes) is 1. The Morgan fingerprint density at radius 3 is 3.06 bits per heavy atom. The van der Waals surface area contributed by atoms with E-state index in [1.807, 2.05) is 0 Å². The van der Waals surface area contributed by atoms with Gasteiger partial charge < -0.3 is 4.98 Å². The topological polar surface area (TPSA) is 71.8 Å². The Labute approximate surface area is 112 Å². The molecule has 0 amide bonds. The fourth-order valence-corrected chi connectivity index (χ4v) is 3.49. The molecule has 0 unspecified atom stereocenters. The van der Waals surface area contributed by atoms with E-state index in [2.05, 4.69) is 16.9 Å². The zero-order chi connectivity index (χ0) is 13.0. The van der Waals surface area contributed by atoms with Crippen molar-refractivity contribution in [2.45, 2.75) is 24.9 Å². The van der Waals surface area contributed by atoms with Crippen molar-refractivity contribution in [2.75, 3.05) is 5.75 Å². The van der Waals surface area contributed by atoms with E-state index in [0.29, 0.717) is 5.52 Å². The van der Waals surface area contributed by atoms with Crippen molar-refractivity contribution in [3.63, 3.8) is 0 Å². The van der Waals surface area contributed by atoms with Crippen LogP contribution >= 0.6 is 21.6 Å². The van der Waals surface area contributed by atoms with E-state index in [0.717, 1.165) is 16.4 Å². The number of H-pyrrole nitrogens is 1. The van der Waals surface area contributed by atoms with Crippen molar-refractivity contribution < 1.29 is 4.92 Å². The van der Waals surface area contributed by atoms with Crippen LogP contribution < -0.4 is 0 Å². The van der Waals surface area contributed by atoms with Gasteiger partial charge in [-0.3, -0.25) is 10.1 Å². The summed E-state index contributed by atoms with van der Waals surface area (Å²) in [5.41, 5.74) is 1.56. The monoisotopic (exact) mass is 283 g/mol. The van der Waals surface area contributed by atoms with Crippen LogP contribution in [0.1, 0.15) is 19.8 Å². The van der Waals surface area contributed by atoms with Gasteiger partial charge in [0.05, 0.1) is 16.0 Å². The standard InChI is InChI=1S/C11H13N3O2S2/c1-2-3-6-17-18-11-12-9-5-4-8(14(15)16)7-10(9)13-11/h4-5,7H,2-3,6H2,1H3,(H,12,13). The van der Waals surface area contributed by atoms with Crippen LogP contribution in [0.5, 0.6) is 0 Å². The van der Waals surface area contributed by atoms with Crippen molar-refractivity contribution in [1.82, 2.24) is 9.97 Å².